The number of esters is 1. The number of phosphoric ester groups is 1. The average Bonchev–Trinajstić information content (AvgIpc) is 3.64. The van der Waals surface area contributed by atoms with Gasteiger partial charge < -0.3 is 19.4 Å². The fourth-order valence-corrected chi connectivity index (χ4v) is 10.8. The molecule has 3 atom stereocenters. The van der Waals surface area contributed by atoms with Gasteiger partial charge in [0.2, 0.25) is 5.91 Å². The number of rotatable bonds is 64. The van der Waals surface area contributed by atoms with Crippen LogP contribution < -0.4 is 5.32 Å². The van der Waals surface area contributed by atoms with Gasteiger partial charge >= 0.3 is 13.8 Å². The fourth-order valence-electron chi connectivity index (χ4n) is 10.1. The third kappa shape index (κ3) is 63.7. The molecule has 0 spiro atoms. The zero-order valence-electron chi connectivity index (χ0n) is 55.9. The lowest BCUT2D eigenvalue weighted by Crippen LogP contribution is -2.47. The summed E-state index contributed by atoms with van der Waals surface area (Å²) in [4.78, 5) is 37.9. The maximum atomic E-state index is 13.6. The molecule has 0 aliphatic carbocycles. The summed E-state index contributed by atoms with van der Waals surface area (Å²) >= 11 is 0. The van der Waals surface area contributed by atoms with Crippen LogP contribution >= 0.6 is 7.82 Å². The van der Waals surface area contributed by atoms with Crippen molar-refractivity contribution < 1.29 is 37.3 Å². The highest BCUT2D eigenvalue weighted by atomic mass is 31.2. The Hall–Kier alpha value is -2.81. The van der Waals surface area contributed by atoms with Crippen LogP contribution in [-0.4, -0.2) is 74.3 Å². The fraction of sp³-hybridized carbons (Fsp3) is 0.784. The molecule has 0 saturated heterocycles. The van der Waals surface area contributed by atoms with Gasteiger partial charge in [0.15, 0.2) is 0 Å². The summed E-state index contributed by atoms with van der Waals surface area (Å²) in [6, 6.07) is -0.857. The molecule has 0 aromatic heterocycles. The minimum Gasteiger partial charge on any atom is -0.456 e. The van der Waals surface area contributed by atoms with E-state index in [2.05, 4.69) is 99.0 Å². The molecule has 0 aromatic carbocycles. The summed E-state index contributed by atoms with van der Waals surface area (Å²) in [5, 5.41) is 3.07. The number of ether oxygens (including phenoxy) is 1. The van der Waals surface area contributed by atoms with Crippen molar-refractivity contribution >= 4 is 19.7 Å². The first-order chi connectivity index (χ1) is 40.9. The van der Waals surface area contributed by atoms with E-state index in [9.17, 15) is 19.0 Å². The number of amides is 1. The minimum absolute atomic E-state index is 0.0362. The number of nitrogens with one attached hydrogen (secondary N) is 1. The summed E-state index contributed by atoms with van der Waals surface area (Å²) in [7, 11) is 1.49. The van der Waals surface area contributed by atoms with Crippen LogP contribution in [0.15, 0.2) is 85.1 Å². The number of phosphoric acid groups is 1. The van der Waals surface area contributed by atoms with Gasteiger partial charge in [0.05, 0.1) is 33.8 Å². The molecular formula is C74H136N2O7P+. The SMILES string of the molecule is CCCCC/C=C\C/C=C\C/C=C\C/C=C\CCCCCCCCCCCC(=O)NC(COP(=O)(O)OCC[N+](C)(C)C)C(/C=C\CCCCCCCCCCCC)OC(=O)CCCCCCCCCCCCC/C=C\C/C=C\CCCCC. The van der Waals surface area contributed by atoms with Crippen LogP contribution in [0.5, 0.6) is 0 Å². The van der Waals surface area contributed by atoms with Crippen LogP contribution in [-0.2, 0) is 27.9 Å². The first-order valence-electron chi connectivity index (χ1n) is 35.4. The monoisotopic (exact) mass is 1200 g/mol. The molecule has 0 aliphatic heterocycles. The lowest BCUT2D eigenvalue weighted by molar-refractivity contribution is -0.870. The quantitative estimate of drug-likeness (QED) is 0.0205. The molecule has 10 heteroatoms. The Morgan fingerprint density at radius 2 is 0.726 bits per heavy atom. The molecule has 0 bridgehead atoms. The number of hydrogen-bond acceptors (Lipinski definition) is 6. The van der Waals surface area contributed by atoms with Gasteiger partial charge in [-0.2, -0.15) is 0 Å². The van der Waals surface area contributed by atoms with Gasteiger partial charge in [0.25, 0.3) is 0 Å². The number of hydrogen-bond donors (Lipinski definition) is 2. The van der Waals surface area contributed by atoms with Crippen molar-refractivity contribution in [1.82, 2.24) is 5.32 Å². The van der Waals surface area contributed by atoms with Crippen molar-refractivity contribution in [3.8, 4) is 0 Å². The van der Waals surface area contributed by atoms with E-state index in [1.807, 2.05) is 33.3 Å². The molecule has 0 aliphatic rings. The lowest BCUT2D eigenvalue weighted by atomic mass is 10.0. The highest BCUT2D eigenvalue weighted by Gasteiger charge is 2.30. The first-order valence-corrected chi connectivity index (χ1v) is 36.9. The summed E-state index contributed by atoms with van der Waals surface area (Å²) in [6.45, 7) is 6.98. The van der Waals surface area contributed by atoms with Crippen LogP contribution in [0.3, 0.4) is 0 Å². The van der Waals surface area contributed by atoms with E-state index in [1.165, 1.54) is 193 Å². The van der Waals surface area contributed by atoms with Crippen LogP contribution in [0.25, 0.3) is 0 Å². The Bertz CT molecular complexity index is 1710. The Morgan fingerprint density at radius 1 is 0.417 bits per heavy atom. The highest BCUT2D eigenvalue weighted by Crippen LogP contribution is 2.43. The standard InChI is InChI=1S/C74H135N2O7P/c1-7-10-13-16-19-22-25-28-30-32-34-36-37-38-39-41-42-44-46-48-51-54-57-60-63-66-73(77)75-71(70-82-84(79,80)81-69-68-76(4,5)6)72(65-62-59-56-53-50-27-24-21-18-15-12-9-3)83-74(78)67-64-61-58-55-52-49-47-45-43-40-35-33-31-29-26-23-20-17-14-11-8-2/h19-20,22-23,28-31,34,36,38-39,62,65,71-72H,7-18,21,24-27,32-33,35,37,40-61,63-64,66-70H2,1-6H3,(H-,75,77,79,80)/p+1/b22-19-,23-20-,30-28-,31-29-,36-34-,39-38-,65-62-. The highest BCUT2D eigenvalue weighted by molar-refractivity contribution is 7.47. The van der Waals surface area contributed by atoms with Gasteiger partial charge in [0, 0.05) is 12.8 Å². The minimum atomic E-state index is -4.46. The molecule has 0 rings (SSSR count). The first kappa shape index (κ1) is 81.2. The van der Waals surface area contributed by atoms with Crippen LogP contribution in [0.1, 0.15) is 323 Å². The number of carbonyl (C=O) groups excluding carboxylic acids is 2. The Labute approximate surface area is 520 Å². The van der Waals surface area contributed by atoms with E-state index in [1.54, 1.807) is 0 Å². The summed E-state index contributed by atoms with van der Waals surface area (Å²) < 4.78 is 30.8. The smallest absolute Gasteiger partial charge is 0.456 e. The maximum Gasteiger partial charge on any atom is 0.472 e. The van der Waals surface area contributed by atoms with Crippen LogP contribution in [0.4, 0.5) is 0 Å². The van der Waals surface area contributed by atoms with Gasteiger partial charge in [-0.1, -0.05) is 286 Å². The van der Waals surface area contributed by atoms with Gasteiger partial charge in [-0.25, -0.2) is 4.57 Å². The Kier molecular flexibility index (Phi) is 61.1. The predicted octanol–water partition coefficient (Wildman–Crippen LogP) is 22.5. The normalized spacial score (nSPS) is 14.0. The predicted molar refractivity (Wildman–Crippen MR) is 364 cm³/mol. The Balaban J connectivity index is 5.10. The zero-order valence-corrected chi connectivity index (χ0v) is 56.8. The van der Waals surface area contributed by atoms with E-state index in [0.717, 1.165) is 96.3 Å². The number of nitrogens with zero attached hydrogens (tertiary/aromatic N) is 1. The summed E-state index contributed by atoms with van der Waals surface area (Å²) in [6.07, 6.45) is 84.4. The molecular weight excluding hydrogens is 1060 g/mol. The van der Waals surface area contributed by atoms with E-state index in [4.69, 9.17) is 13.8 Å². The van der Waals surface area contributed by atoms with Gasteiger partial charge in [-0.15, -0.1) is 0 Å². The molecule has 2 N–H and O–H groups in total. The molecule has 0 heterocycles. The molecule has 3 unspecified atom stereocenters. The molecule has 0 radical (unpaired) electrons. The molecule has 84 heavy (non-hydrogen) atoms. The summed E-state index contributed by atoms with van der Waals surface area (Å²) in [5.41, 5.74) is 0. The number of likely N-dealkylation sites (N-methyl/N-ethyl adjacent to an activating group) is 1. The number of quaternary nitrogens is 1. The van der Waals surface area contributed by atoms with Crippen molar-refractivity contribution in [2.75, 3.05) is 40.9 Å². The second-order valence-electron chi connectivity index (χ2n) is 25.0. The molecule has 0 saturated carbocycles. The van der Waals surface area contributed by atoms with E-state index >= 15 is 0 Å². The molecule has 0 fully saturated rings. The third-order valence-corrected chi connectivity index (χ3v) is 16.5. The number of carbonyl (C=O) groups is 2. The molecule has 9 nitrogen and oxygen atoms in total. The topological polar surface area (TPSA) is 111 Å². The van der Waals surface area contributed by atoms with Crippen molar-refractivity contribution in [2.45, 2.75) is 335 Å². The van der Waals surface area contributed by atoms with Crippen LogP contribution in [0.2, 0.25) is 0 Å². The van der Waals surface area contributed by atoms with Crippen molar-refractivity contribution in [1.29, 1.82) is 0 Å². The molecule has 0 aromatic rings. The van der Waals surface area contributed by atoms with E-state index in [-0.39, 0.29) is 31.5 Å². The number of unbranched alkanes of at least 4 members (excludes halogenated alkanes) is 36. The van der Waals surface area contributed by atoms with E-state index in [0.29, 0.717) is 17.4 Å². The largest absolute Gasteiger partial charge is 0.472 e. The summed E-state index contributed by atoms with van der Waals surface area (Å²) in [5.74, 6) is -0.508. The molecule has 1 amide bonds. The van der Waals surface area contributed by atoms with Crippen LogP contribution in [0, 0.1) is 0 Å². The zero-order chi connectivity index (χ0) is 61.4. The second kappa shape index (κ2) is 63.2. The second-order valence-corrected chi connectivity index (χ2v) is 26.5. The van der Waals surface area contributed by atoms with E-state index < -0.39 is 20.0 Å². The van der Waals surface area contributed by atoms with Crippen molar-refractivity contribution in [3.05, 3.63) is 85.1 Å². The van der Waals surface area contributed by atoms with Gasteiger partial charge in [-0.3, -0.25) is 18.6 Å². The van der Waals surface area contributed by atoms with Gasteiger partial charge in [0.1, 0.15) is 19.3 Å². The van der Waals surface area contributed by atoms with Gasteiger partial charge in [-0.05, 0) is 109 Å². The average molecular weight is 1200 g/mol. The Morgan fingerprint density at radius 3 is 1.11 bits per heavy atom. The molecule has 488 valence electrons. The van der Waals surface area contributed by atoms with Crippen molar-refractivity contribution in [3.63, 3.8) is 0 Å². The maximum absolute atomic E-state index is 13.6. The number of allylic oxidation sites excluding steroid dienone is 13. The lowest BCUT2D eigenvalue weighted by Gasteiger charge is -2.27. The van der Waals surface area contributed by atoms with Crippen molar-refractivity contribution in [2.24, 2.45) is 0 Å². The third-order valence-electron chi connectivity index (χ3n) is 15.6.